The molecule has 0 bridgehead atoms. The third kappa shape index (κ3) is 1.67. The van der Waals surface area contributed by atoms with Crippen molar-refractivity contribution in [2.24, 2.45) is 0 Å². The largest absolute Gasteiger partial charge is 0.346 e. The second-order valence-electron chi connectivity index (χ2n) is 2.86. The third-order valence-electron chi connectivity index (χ3n) is 2.00. The van der Waals surface area contributed by atoms with E-state index in [9.17, 15) is 4.79 Å². The number of hydrogen-bond acceptors (Lipinski definition) is 4. The molecule has 6 heteroatoms. The van der Waals surface area contributed by atoms with Crippen LogP contribution in [0, 0.1) is 0 Å². The molecular formula is C7H11N5O. The molecule has 70 valence electrons. The van der Waals surface area contributed by atoms with Gasteiger partial charge in [-0.15, -0.1) is 0 Å². The molecule has 1 aliphatic heterocycles. The summed E-state index contributed by atoms with van der Waals surface area (Å²) in [6.45, 7) is 3.16. The minimum Gasteiger partial charge on any atom is -0.320 e. The van der Waals surface area contributed by atoms with Crippen LogP contribution in [0.5, 0.6) is 0 Å². The molecule has 0 aromatic carbocycles. The third-order valence-corrected chi connectivity index (χ3v) is 2.00. The predicted octanol–water partition coefficient (Wildman–Crippen LogP) is -0.849. The molecule has 0 atom stereocenters. The Labute approximate surface area is 75.5 Å². The average molecular weight is 181 g/mol. The first kappa shape index (κ1) is 8.18. The van der Waals surface area contributed by atoms with Gasteiger partial charge in [-0.1, -0.05) is 0 Å². The lowest BCUT2D eigenvalue weighted by molar-refractivity contribution is 0.188. The van der Waals surface area contributed by atoms with Crippen molar-refractivity contribution in [1.29, 1.82) is 0 Å². The zero-order valence-electron chi connectivity index (χ0n) is 7.18. The van der Waals surface area contributed by atoms with Crippen molar-refractivity contribution in [3.8, 4) is 0 Å². The summed E-state index contributed by atoms with van der Waals surface area (Å²) >= 11 is 0. The number of aromatic nitrogens is 3. The van der Waals surface area contributed by atoms with E-state index < -0.39 is 0 Å². The van der Waals surface area contributed by atoms with E-state index in [0.717, 1.165) is 26.2 Å². The van der Waals surface area contributed by atoms with Crippen LogP contribution in [0.15, 0.2) is 12.7 Å². The van der Waals surface area contributed by atoms with Crippen molar-refractivity contribution in [2.75, 3.05) is 26.2 Å². The second kappa shape index (κ2) is 3.53. The summed E-state index contributed by atoms with van der Waals surface area (Å²) in [5.74, 6) is 0. The fourth-order valence-corrected chi connectivity index (χ4v) is 1.31. The van der Waals surface area contributed by atoms with Gasteiger partial charge in [0.2, 0.25) is 0 Å². The molecule has 0 unspecified atom stereocenters. The van der Waals surface area contributed by atoms with Crippen LogP contribution in [-0.2, 0) is 0 Å². The van der Waals surface area contributed by atoms with E-state index in [1.165, 1.54) is 17.3 Å². The van der Waals surface area contributed by atoms with Gasteiger partial charge >= 0.3 is 6.03 Å². The van der Waals surface area contributed by atoms with Gasteiger partial charge in [-0.05, 0) is 0 Å². The molecule has 0 saturated carbocycles. The highest BCUT2D eigenvalue weighted by Crippen LogP contribution is 1.96. The van der Waals surface area contributed by atoms with Gasteiger partial charge < -0.3 is 10.2 Å². The topological polar surface area (TPSA) is 63.1 Å². The Morgan fingerprint density at radius 2 is 2.15 bits per heavy atom. The van der Waals surface area contributed by atoms with Crippen LogP contribution in [0.1, 0.15) is 0 Å². The lowest BCUT2D eigenvalue weighted by atomic mass is 10.4. The van der Waals surface area contributed by atoms with Gasteiger partial charge in [0.25, 0.3) is 0 Å². The van der Waals surface area contributed by atoms with Crippen LogP contribution >= 0.6 is 0 Å². The fraction of sp³-hybridized carbons (Fsp3) is 0.571. The van der Waals surface area contributed by atoms with Crippen molar-refractivity contribution in [2.45, 2.75) is 0 Å². The van der Waals surface area contributed by atoms with E-state index in [0.29, 0.717) is 0 Å². The summed E-state index contributed by atoms with van der Waals surface area (Å²) in [7, 11) is 0. The lowest BCUT2D eigenvalue weighted by Crippen LogP contribution is -2.48. The highest BCUT2D eigenvalue weighted by Gasteiger charge is 2.17. The summed E-state index contributed by atoms with van der Waals surface area (Å²) < 4.78 is 1.26. The van der Waals surface area contributed by atoms with Gasteiger partial charge in [-0.2, -0.15) is 9.78 Å². The molecule has 0 radical (unpaired) electrons. The number of amides is 1. The number of rotatable bonds is 0. The van der Waals surface area contributed by atoms with E-state index in [2.05, 4.69) is 15.4 Å². The standard InChI is InChI=1S/C7H11N5O/c13-7(12-6-9-5-10-12)11-3-1-8-2-4-11/h5-6,8H,1-4H2. The van der Waals surface area contributed by atoms with Crippen LogP contribution in [-0.4, -0.2) is 51.9 Å². The molecule has 1 saturated heterocycles. The molecular weight excluding hydrogens is 170 g/mol. The second-order valence-corrected chi connectivity index (χ2v) is 2.86. The van der Waals surface area contributed by atoms with Crippen LogP contribution in [0.25, 0.3) is 0 Å². The van der Waals surface area contributed by atoms with Crippen molar-refractivity contribution in [3.05, 3.63) is 12.7 Å². The maximum atomic E-state index is 11.6. The summed E-state index contributed by atoms with van der Waals surface area (Å²) in [6.07, 6.45) is 2.78. The zero-order chi connectivity index (χ0) is 9.10. The van der Waals surface area contributed by atoms with Crippen LogP contribution in [0.2, 0.25) is 0 Å². The number of carbonyl (C=O) groups excluding carboxylic acids is 1. The van der Waals surface area contributed by atoms with E-state index in [-0.39, 0.29) is 6.03 Å². The molecule has 1 fully saturated rings. The van der Waals surface area contributed by atoms with Crippen molar-refractivity contribution >= 4 is 6.03 Å². The van der Waals surface area contributed by atoms with Crippen LogP contribution < -0.4 is 5.32 Å². The predicted molar refractivity (Wildman–Crippen MR) is 45.3 cm³/mol. The van der Waals surface area contributed by atoms with E-state index in [1.54, 1.807) is 4.90 Å². The summed E-state index contributed by atoms with van der Waals surface area (Å²) in [5.41, 5.74) is 0. The molecule has 0 spiro atoms. The quantitative estimate of drug-likeness (QED) is 0.566. The minimum absolute atomic E-state index is 0.0981. The molecule has 1 amide bonds. The van der Waals surface area contributed by atoms with E-state index >= 15 is 0 Å². The summed E-state index contributed by atoms with van der Waals surface area (Å²) in [6, 6.07) is -0.0981. The minimum atomic E-state index is -0.0981. The van der Waals surface area contributed by atoms with Gasteiger partial charge in [0.05, 0.1) is 0 Å². The average Bonchev–Trinajstić information content (AvgIpc) is 2.71. The van der Waals surface area contributed by atoms with Gasteiger partial charge in [0.1, 0.15) is 12.7 Å². The van der Waals surface area contributed by atoms with Crippen molar-refractivity contribution in [3.63, 3.8) is 0 Å². The maximum absolute atomic E-state index is 11.6. The number of hydrogen-bond donors (Lipinski definition) is 1. The Morgan fingerprint density at radius 1 is 1.38 bits per heavy atom. The fourth-order valence-electron chi connectivity index (χ4n) is 1.31. The number of carbonyl (C=O) groups is 1. The van der Waals surface area contributed by atoms with Crippen LogP contribution in [0.4, 0.5) is 4.79 Å². The first-order chi connectivity index (χ1) is 6.38. The molecule has 6 nitrogen and oxygen atoms in total. The Hall–Kier alpha value is -1.43. The summed E-state index contributed by atoms with van der Waals surface area (Å²) in [5, 5.41) is 6.96. The van der Waals surface area contributed by atoms with Crippen molar-refractivity contribution in [1.82, 2.24) is 25.0 Å². The Morgan fingerprint density at radius 3 is 2.77 bits per heavy atom. The highest BCUT2D eigenvalue weighted by molar-refractivity contribution is 5.75. The molecule has 1 N–H and O–H groups in total. The monoisotopic (exact) mass is 181 g/mol. The molecule has 2 heterocycles. The summed E-state index contributed by atoms with van der Waals surface area (Å²) in [4.78, 5) is 17.1. The van der Waals surface area contributed by atoms with Crippen molar-refractivity contribution < 1.29 is 4.79 Å². The number of nitrogens with one attached hydrogen (secondary N) is 1. The Balaban J connectivity index is 2.04. The number of piperazine rings is 1. The highest BCUT2D eigenvalue weighted by atomic mass is 16.2. The lowest BCUT2D eigenvalue weighted by Gasteiger charge is -2.26. The van der Waals surface area contributed by atoms with Gasteiger partial charge in [-0.25, -0.2) is 9.78 Å². The molecule has 1 aromatic rings. The van der Waals surface area contributed by atoms with Gasteiger partial charge in [-0.3, -0.25) is 0 Å². The zero-order valence-corrected chi connectivity index (χ0v) is 7.18. The van der Waals surface area contributed by atoms with Crippen LogP contribution in [0.3, 0.4) is 0 Å². The first-order valence-electron chi connectivity index (χ1n) is 4.22. The van der Waals surface area contributed by atoms with E-state index in [4.69, 9.17) is 0 Å². The number of nitrogens with zero attached hydrogens (tertiary/aromatic N) is 4. The Kier molecular flexibility index (Phi) is 2.22. The molecule has 13 heavy (non-hydrogen) atoms. The molecule has 1 aromatic heterocycles. The first-order valence-corrected chi connectivity index (χ1v) is 4.22. The molecule has 1 aliphatic rings. The smallest absolute Gasteiger partial charge is 0.320 e. The SMILES string of the molecule is O=C(N1CCNCC1)n1cncn1. The normalized spacial score (nSPS) is 17.4. The maximum Gasteiger partial charge on any atom is 0.346 e. The Bertz CT molecular complexity index is 277. The van der Waals surface area contributed by atoms with Gasteiger partial charge in [0, 0.05) is 26.2 Å². The molecule has 2 rings (SSSR count). The van der Waals surface area contributed by atoms with E-state index in [1.807, 2.05) is 0 Å². The van der Waals surface area contributed by atoms with Gasteiger partial charge in [0.15, 0.2) is 0 Å². The molecule has 0 aliphatic carbocycles.